The van der Waals surface area contributed by atoms with Crippen molar-refractivity contribution in [1.29, 1.82) is 0 Å². The van der Waals surface area contributed by atoms with E-state index in [-0.39, 0.29) is 0 Å². The van der Waals surface area contributed by atoms with Crippen LogP contribution in [0, 0.1) is 23.7 Å². The Morgan fingerprint density at radius 1 is 1.12 bits per heavy atom. The minimum atomic E-state index is -0.656. The van der Waals surface area contributed by atoms with E-state index in [1.54, 1.807) is 0 Å². The lowest BCUT2D eigenvalue weighted by molar-refractivity contribution is -0.137. The fraction of sp³-hybridized carbons (Fsp3) is 0.864. The van der Waals surface area contributed by atoms with Gasteiger partial charge < -0.3 is 5.11 Å². The highest BCUT2D eigenvalue weighted by molar-refractivity contribution is 5.66. The second-order valence-electron chi connectivity index (χ2n) is 8.25. The maximum atomic E-state index is 10.6. The Bertz CT molecular complexity index is 361. The number of aliphatic carboxylic acids is 1. The largest absolute Gasteiger partial charge is 0.481 e. The van der Waals surface area contributed by atoms with Crippen molar-refractivity contribution in [2.75, 3.05) is 0 Å². The first kappa shape index (κ1) is 21.3. The molecule has 0 amide bonds. The zero-order chi connectivity index (χ0) is 17.8. The number of carboxylic acid groups (broad SMARTS) is 1. The predicted molar refractivity (Wildman–Crippen MR) is 103 cm³/mol. The molecule has 0 aromatic heterocycles. The molecule has 24 heavy (non-hydrogen) atoms. The van der Waals surface area contributed by atoms with E-state index in [9.17, 15) is 4.79 Å². The molecule has 0 heterocycles. The predicted octanol–water partition coefficient (Wildman–Crippen LogP) is 6.85. The lowest BCUT2D eigenvalue weighted by Crippen LogP contribution is -2.10. The molecule has 1 rings (SSSR count). The molecule has 0 aromatic carbocycles. The first-order valence-electron chi connectivity index (χ1n) is 10.4. The van der Waals surface area contributed by atoms with Crippen LogP contribution in [-0.4, -0.2) is 11.1 Å². The van der Waals surface area contributed by atoms with E-state index in [1.165, 1.54) is 57.8 Å². The highest BCUT2D eigenvalue weighted by Gasteiger charge is 2.26. The van der Waals surface area contributed by atoms with E-state index >= 15 is 0 Å². The minimum Gasteiger partial charge on any atom is -0.481 e. The lowest BCUT2D eigenvalue weighted by Gasteiger charge is -2.21. The number of rotatable bonds is 13. The summed E-state index contributed by atoms with van der Waals surface area (Å²) in [4.78, 5) is 10.6. The third kappa shape index (κ3) is 9.49. The van der Waals surface area contributed by atoms with Gasteiger partial charge >= 0.3 is 5.97 Å². The van der Waals surface area contributed by atoms with Gasteiger partial charge in [-0.05, 0) is 55.8 Å². The molecular formula is C22H40O2. The van der Waals surface area contributed by atoms with E-state index in [4.69, 9.17) is 5.11 Å². The van der Waals surface area contributed by atoms with Crippen LogP contribution in [0.1, 0.15) is 97.8 Å². The minimum absolute atomic E-state index is 0.331. The molecule has 4 atom stereocenters. The second-order valence-corrected chi connectivity index (χ2v) is 8.25. The fourth-order valence-electron chi connectivity index (χ4n) is 4.17. The number of unbranched alkanes of at least 4 members (excludes halogenated alkanes) is 2. The Morgan fingerprint density at radius 3 is 2.58 bits per heavy atom. The smallest absolute Gasteiger partial charge is 0.303 e. The van der Waals surface area contributed by atoms with Crippen LogP contribution in [0.4, 0.5) is 0 Å². The molecule has 1 saturated carbocycles. The molecule has 2 nitrogen and oxygen atoms in total. The lowest BCUT2D eigenvalue weighted by atomic mass is 9.85. The third-order valence-corrected chi connectivity index (χ3v) is 5.73. The molecular weight excluding hydrogens is 296 g/mol. The van der Waals surface area contributed by atoms with E-state index in [0.29, 0.717) is 6.42 Å². The molecule has 2 unspecified atom stereocenters. The van der Waals surface area contributed by atoms with E-state index < -0.39 is 5.97 Å². The maximum absolute atomic E-state index is 10.6. The number of carboxylic acids is 1. The Kier molecular flexibility index (Phi) is 11.1. The normalized spacial score (nSPS) is 23.6. The van der Waals surface area contributed by atoms with Gasteiger partial charge in [-0.3, -0.25) is 4.79 Å². The van der Waals surface area contributed by atoms with Gasteiger partial charge in [0, 0.05) is 6.42 Å². The first-order valence-corrected chi connectivity index (χ1v) is 10.4. The van der Waals surface area contributed by atoms with Crippen molar-refractivity contribution >= 4 is 5.97 Å². The highest BCUT2D eigenvalue weighted by atomic mass is 16.4. The van der Waals surface area contributed by atoms with Gasteiger partial charge in [-0.25, -0.2) is 0 Å². The summed E-state index contributed by atoms with van der Waals surface area (Å²) in [6.45, 7) is 7.01. The summed E-state index contributed by atoms with van der Waals surface area (Å²) in [5.41, 5.74) is 0. The van der Waals surface area contributed by atoms with Crippen molar-refractivity contribution in [2.24, 2.45) is 23.7 Å². The molecule has 0 aromatic rings. The van der Waals surface area contributed by atoms with Gasteiger partial charge in [-0.1, -0.05) is 71.4 Å². The van der Waals surface area contributed by atoms with E-state index in [2.05, 4.69) is 32.9 Å². The Balaban J connectivity index is 2.25. The average Bonchev–Trinajstić information content (AvgIpc) is 2.96. The zero-order valence-electron chi connectivity index (χ0n) is 16.3. The van der Waals surface area contributed by atoms with Crippen LogP contribution in [-0.2, 0) is 4.79 Å². The van der Waals surface area contributed by atoms with Gasteiger partial charge in [0.1, 0.15) is 0 Å². The molecule has 1 fully saturated rings. The van der Waals surface area contributed by atoms with Crippen LogP contribution in [0.5, 0.6) is 0 Å². The van der Waals surface area contributed by atoms with Crippen molar-refractivity contribution in [2.45, 2.75) is 97.8 Å². The van der Waals surface area contributed by atoms with Crippen LogP contribution in [0.15, 0.2) is 12.2 Å². The Labute approximate surface area is 150 Å². The number of carbonyl (C=O) groups is 1. The number of hydrogen-bond donors (Lipinski definition) is 1. The molecule has 0 bridgehead atoms. The van der Waals surface area contributed by atoms with Crippen molar-refractivity contribution in [3.05, 3.63) is 12.2 Å². The molecule has 1 aliphatic rings. The molecule has 1 N–H and O–H groups in total. The van der Waals surface area contributed by atoms with Gasteiger partial charge in [0.05, 0.1) is 0 Å². The first-order chi connectivity index (χ1) is 11.5. The van der Waals surface area contributed by atoms with Crippen LogP contribution in [0.3, 0.4) is 0 Å². The summed E-state index contributed by atoms with van der Waals surface area (Å²) in [6.07, 6.45) is 19.2. The van der Waals surface area contributed by atoms with Crippen LogP contribution >= 0.6 is 0 Å². The average molecular weight is 337 g/mol. The molecule has 140 valence electrons. The summed E-state index contributed by atoms with van der Waals surface area (Å²) in [7, 11) is 0. The SMILES string of the molecule is CCCCC(C)CC=C[C@H]1CCC[C@@H]1CC(C)CCCCC(=O)O. The van der Waals surface area contributed by atoms with Crippen molar-refractivity contribution in [1.82, 2.24) is 0 Å². The van der Waals surface area contributed by atoms with Crippen molar-refractivity contribution in [3.63, 3.8) is 0 Å². The van der Waals surface area contributed by atoms with Crippen LogP contribution in [0.25, 0.3) is 0 Å². The third-order valence-electron chi connectivity index (χ3n) is 5.73. The van der Waals surface area contributed by atoms with E-state index in [1.807, 2.05) is 0 Å². The maximum Gasteiger partial charge on any atom is 0.303 e. The molecule has 0 aliphatic heterocycles. The van der Waals surface area contributed by atoms with Crippen molar-refractivity contribution in [3.8, 4) is 0 Å². The van der Waals surface area contributed by atoms with Gasteiger partial charge in [0.25, 0.3) is 0 Å². The summed E-state index contributed by atoms with van der Waals surface area (Å²) in [5.74, 6) is 2.57. The Morgan fingerprint density at radius 2 is 1.88 bits per heavy atom. The van der Waals surface area contributed by atoms with Gasteiger partial charge in [-0.15, -0.1) is 0 Å². The fourth-order valence-corrected chi connectivity index (χ4v) is 4.17. The topological polar surface area (TPSA) is 37.3 Å². The monoisotopic (exact) mass is 336 g/mol. The molecule has 0 saturated heterocycles. The zero-order valence-corrected chi connectivity index (χ0v) is 16.3. The summed E-state index contributed by atoms with van der Waals surface area (Å²) in [6, 6.07) is 0. The molecule has 1 aliphatic carbocycles. The summed E-state index contributed by atoms with van der Waals surface area (Å²) in [5, 5.41) is 8.70. The van der Waals surface area contributed by atoms with Crippen molar-refractivity contribution < 1.29 is 9.90 Å². The van der Waals surface area contributed by atoms with E-state index in [0.717, 1.165) is 36.5 Å². The van der Waals surface area contributed by atoms with Gasteiger partial charge in [-0.2, -0.15) is 0 Å². The molecule has 2 heteroatoms. The number of hydrogen-bond acceptors (Lipinski definition) is 1. The van der Waals surface area contributed by atoms with Gasteiger partial charge in [0.2, 0.25) is 0 Å². The Hall–Kier alpha value is -0.790. The summed E-state index contributed by atoms with van der Waals surface area (Å²) >= 11 is 0. The highest BCUT2D eigenvalue weighted by Crippen LogP contribution is 2.38. The van der Waals surface area contributed by atoms with Crippen LogP contribution < -0.4 is 0 Å². The second kappa shape index (κ2) is 12.6. The standard InChI is InChI=1S/C22H40O2/c1-4-5-10-18(2)12-8-13-20-14-9-15-21(20)17-19(3)11-6-7-16-22(23)24/h8,13,18-21H,4-7,9-12,14-17H2,1-3H3,(H,23,24)/t18?,19?,20-,21+/m0/s1. The quantitative estimate of drug-likeness (QED) is 0.295. The molecule has 0 radical (unpaired) electrons. The van der Waals surface area contributed by atoms with Gasteiger partial charge in [0.15, 0.2) is 0 Å². The van der Waals surface area contributed by atoms with Crippen LogP contribution in [0.2, 0.25) is 0 Å². The summed E-state index contributed by atoms with van der Waals surface area (Å²) < 4.78 is 0. The number of allylic oxidation sites excluding steroid dienone is 2. The molecule has 0 spiro atoms.